The number of hydrogen-bond acceptors (Lipinski definition) is 1. The highest BCUT2D eigenvalue weighted by Gasteiger charge is 2.35. The van der Waals surface area contributed by atoms with E-state index in [2.05, 4.69) is 6.92 Å². The monoisotopic (exact) mass is 190 g/mol. The van der Waals surface area contributed by atoms with Crippen molar-refractivity contribution < 1.29 is 4.74 Å². The fourth-order valence-corrected chi connectivity index (χ4v) is 2.06. The Kier molecular flexibility index (Phi) is 4.38. The molecule has 12 heavy (non-hydrogen) atoms. The van der Waals surface area contributed by atoms with Gasteiger partial charge in [-0.2, -0.15) is 0 Å². The van der Waals surface area contributed by atoms with Crippen LogP contribution in [0.5, 0.6) is 0 Å². The molecule has 0 bridgehead atoms. The van der Waals surface area contributed by atoms with Crippen LogP contribution >= 0.6 is 11.6 Å². The SMILES string of the molecule is CCCOCCC1(CCl)CCC1. The molecule has 0 atom stereocenters. The molecule has 1 saturated carbocycles. The van der Waals surface area contributed by atoms with E-state index in [0.29, 0.717) is 5.41 Å². The lowest BCUT2D eigenvalue weighted by Crippen LogP contribution is -2.32. The molecule has 0 radical (unpaired) electrons. The van der Waals surface area contributed by atoms with Crippen molar-refractivity contribution in [2.45, 2.75) is 39.0 Å². The summed E-state index contributed by atoms with van der Waals surface area (Å²) >= 11 is 5.92. The van der Waals surface area contributed by atoms with Crippen molar-refractivity contribution in [1.82, 2.24) is 0 Å². The van der Waals surface area contributed by atoms with Gasteiger partial charge in [-0.05, 0) is 31.1 Å². The Labute approximate surface area is 80.4 Å². The molecule has 1 rings (SSSR count). The third-order valence-electron chi connectivity index (χ3n) is 2.82. The molecular formula is C10H19ClO. The summed E-state index contributed by atoms with van der Waals surface area (Å²) in [6.45, 7) is 3.94. The van der Waals surface area contributed by atoms with E-state index in [4.69, 9.17) is 16.3 Å². The first-order valence-corrected chi connectivity index (χ1v) is 5.50. The maximum absolute atomic E-state index is 5.92. The normalized spacial score (nSPS) is 20.5. The van der Waals surface area contributed by atoms with Gasteiger partial charge in [-0.25, -0.2) is 0 Å². The lowest BCUT2D eigenvalue weighted by Gasteiger charge is -2.40. The number of hydrogen-bond donors (Lipinski definition) is 0. The first-order valence-electron chi connectivity index (χ1n) is 4.97. The summed E-state index contributed by atoms with van der Waals surface area (Å²) in [5.41, 5.74) is 0.454. The van der Waals surface area contributed by atoms with Crippen LogP contribution in [0.2, 0.25) is 0 Å². The summed E-state index contributed by atoms with van der Waals surface area (Å²) in [4.78, 5) is 0. The average molecular weight is 191 g/mol. The predicted molar refractivity (Wildman–Crippen MR) is 52.7 cm³/mol. The third kappa shape index (κ3) is 2.63. The fourth-order valence-electron chi connectivity index (χ4n) is 1.66. The smallest absolute Gasteiger partial charge is 0.0471 e. The van der Waals surface area contributed by atoms with E-state index in [1.165, 1.54) is 19.3 Å². The van der Waals surface area contributed by atoms with Gasteiger partial charge in [-0.3, -0.25) is 0 Å². The van der Waals surface area contributed by atoms with Gasteiger partial charge in [0.05, 0.1) is 0 Å². The van der Waals surface area contributed by atoms with Crippen molar-refractivity contribution in [2.24, 2.45) is 5.41 Å². The standard InChI is InChI=1S/C10H19ClO/c1-2-7-12-8-6-10(9-11)4-3-5-10/h2-9H2,1H3. The minimum absolute atomic E-state index is 0.454. The van der Waals surface area contributed by atoms with E-state index < -0.39 is 0 Å². The second-order valence-corrected chi connectivity index (χ2v) is 4.12. The van der Waals surface area contributed by atoms with Crippen LogP contribution in [0.15, 0.2) is 0 Å². The molecular weight excluding hydrogens is 172 g/mol. The average Bonchev–Trinajstić information content (AvgIpc) is 2.02. The largest absolute Gasteiger partial charge is 0.381 e. The van der Waals surface area contributed by atoms with Crippen LogP contribution in [-0.4, -0.2) is 19.1 Å². The minimum Gasteiger partial charge on any atom is -0.381 e. The topological polar surface area (TPSA) is 9.23 Å². The van der Waals surface area contributed by atoms with Gasteiger partial charge in [0.1, 0.15) is 0 Å². The molecule has 0 aromatic heterocycles. The molecule has 72 valence electrons. The van der Waals surface area contributed by atoms with Crippen molar-refractivity contribution in [2.75, 3.05) is 19.1 Å². The quantitative estimate of drug-likeness (QED) is 0.462. The molecule has 0 aromatic carbocycles. The Morgan fingerprint density at radius 1 is 1.33 bits per heavy atom. The molecule has 0 amide bonds. The van der Waals surface area contributed by atoms with Crippen LogP contribution in [0, 0.1) is 5.41 Å². The van der Waals surface area contributed by atoms with Crippen molar-refractivity contribution >= 4 is 11.6 Å². The summed E-state index contributed by atoms with van der Waals surface area (Å²) in [5, 5.41) is 0. The van der Waals surface area contributed by atoms with Crippen molar-refractivity contribution in [3.63, 3.8) is 0 Å². The molecule has 0 aliphatic heterocycles. The maximum atomic E-state index is 5.92. The highest BCUT2D eigenvalue weighted by molar-refractivity contribution is 6.18. The Morgan fingerprint density at radius 2 is 2.08 bits per heavy atom. The molecule has 0 aromatic rings. The van der Waals surface area contributed by atoms with E-state index in [9.17, 15) is 0 Å². The Balaban J connectivity index is 2.04. The van der Waals surface area contributed by atoms with E-state index in [-0.39, 0.29) is 0 Å². The van der Waals surface area contributed by atoms with Gasteiger partial charge in [-0.15, -0.1) is 11.6 Å². The van der Waals surface area contributed by atoms with E-state index in [1.54, 1.807) is 0 Å². The molecule has 1 fully saturated rings. The summed E-state index contributed by atoms with van der Waals surface area (Å²) in [7, 11) is 0. The summed E-state index contributed by atoms with van der Waals surface area (Å²) < 4.78 is 5.46. The summed E-state index contributed by atoms with van der Waals surface area (Å²) in [6, 6.07) is 0. The van der Waals surface area contributed by atoms with Crippen LogP contribution in [0.3, 0.4) is 0 Å². The van der Waals surface area contributed by atoms with Gasteiger partial charge < -0.3 is 4.74 Å². The minimum atomic E-state index is 0.454. The van der Waals surface area contributed by atoms with Crippen LogP contribution in [0.4, 0.5) is 0 Å². The van der Waals surface area contributed by atoms with Crippen LogP contribution in [0.25, 0.3) is 0 Å². The predicted octanol–water partition coefficient (Wildman–Crippen LogP) is 3.21. The van der Waals surface area contributed by atoms with Gasteiger partial charge in [0, 0.05) is 19.1 Å². The van der Waals surface area contributed by atoms with Gasteiger partial charge in [-0.1, -0.05) is 13.3 Å². The molecule has 0 unspecified atom stereocenters. The molecule has 2 heteroatoms. The molecule has 0 saturated heterocycles. The number of alkyl halides is 1. The molecule has 1 nitrogen and oxygen atoms in total. The van der Waals surface area contributed by atoms with Crippen LogP contribution in [0.1, 0.15) is 39.0 Å². The second kappa shape index (κ2) is 5.08. The van der Waals surface area contributed by atoms with E-state index in [0.717, 1.165) is 31.9 Å². The first kappa shape index (κ1) is 10.3. The Bertz CT molecular complexity index is 115. The lowest BCUT2D eigenvalue weighted by atomic mass is 9.68. The maximum Gasteiger partial charge on any atom is 0.0471 e. The molecule has 0 spiro atoms. The third-order valence-corrected chi connectivity index (χ3v) is 3.39. The highest BCUT2D eigenvalue weighted by Crippen LogP contribution is 2.44. The molecule has 0 heterocycles. The number of halogens is 1. The molecule has 0 N–H and O–H groups in total. The molecule has 1 aliphatic carbocycles. The van der Waals surface area contributed by atoms with E-state index >= 15 is 0 Å². The van der Waals surface area contributed by atoms with Crippen LogP contribution < -0.4 is 0 Å². The van der Waals surface area contributed by atoms with Gasteiger partial charge in [0.15, 0.2) is 0 Å². The van der Waals surface area contributed by atoms with Gasteiger partial charge >= 0.3 is 0 Å². The summed E-state index contributed by atoms with van der Waals surface area (Å²) in [6.07, 6.45) is 6.27. The van der Waals surface area contributed by atoms with Crippen LogP contribution in [-0.2, 0) is 4.74 Å². The zero-order valence-corrected chi connectivity index (χ0v) is 8.70. The van der Waals surface area contributed by atoms with Gasteiger partial charge in [0.25, 0.3) is 0 Å². The Hall–Kier alpha value is 0.250. The fraction of sp³-hybridized carbons (Fsp3) is 1.00. The zero-order valence-electron chi connectivity index (χ0n) is 7.94. The van der Waals surface area contributed by atoms with Crippen molar-refractivity contribution in [3.05, 3.63) is 0 Å². The van der Waals surface area contributed by atoms with Crippen molar-refractivity contribution in [1.29, 1.82) is 0 Å². The second-order valence-electron chi connectivity index (χ2n) is 3.85. The first-order chi connectivity index (χ1) is 5.83. The lowest BCUT2D eigenvalue weighted by molar-refractivity contribution is 0.0647. The Morgan fingerprint density at radius 3 is 2.50 bits per heavy atom. The van der Waals surface area contributed by atoms with Crippen molar-refractivity contribution in [3.8, 4) is 0 Å². The molecule has 1 aliphatic rings. The number of ether oxygens (including phenoxy) is 1. The highest BCUT2D eigenvalue weighted by atomic mass is 35.5. The number of rotatable bonds is 6. The summed E-state index contributed by atoms with van der Waals surface area (Å²) in [5.74, 6) is 0.822. The van der Waals surface area contributed by atoms with Gasteiger partial charge in [0.2, 0.25) is 0 Å². The zero-order chi connectivity index (χ0) is 8.86. The van der Waals surface area contributed by atoms with E-state index in [1.807, 2.05) is 0 Å².